The van der Waals surface area contributed by atoms with Gasteiger partial charge in [-0.25, -0.2) is 4.98 Å². The van der Waals surface area contributed by atoms with E-state index in [0.29, 0.717) is 5.88 Å². The molecule has 2 heterocycles. The van der Waals surface area contributed by atoms with Crippen molar-refractivity contribution in [1.82, 2.24) is 10.3 Å². The molecule has 1 atom stereocenters. The number of pyridine rings is 1. The number of rotatable bonds is 5. The first-order valence-electron chi connectivity index (χ1n) is 7.34. The van der Waals surface area contributed by atoms with Gasteiger partial charge < -0.3 is 15.0 Å². The Labute approximate surface area is 115 Å². The number of aromatic nitrogens is 1. The van der Waals surface area contributed by atoms with Crippen LogP contribution in [0.2, 0.25) is 0 Å². The minimum atomic E-state index is 0.713. The molecule has 1 N–H and O–H groups in total. The Bertz CT molecular complexity index is 414. The average molecular weight is 261 g/mol. The molecule has 0 spiro atoms. The van der Waals surface area contributed by atoms with Crippen molar-refractivity contribution >= 4 is 5.69 Å². The molecule has 3 rings (SSSR count). The molecule has 0 bridgehead atoms. The molecule has 4 heteroatoms. The lowest BCUT2D eigenvalue weighted by Gasteiger charge is -2.32. The second kappa shape index (κ2) is 5.78. The SMILES string of the molecule is COc1cc(N(CC2CCCNC2)C2CC2)ccn1. The Balaban J connectivity index is 1.72. The highest BCUT2D eigenvalue weighted by Crippen LogP contribution is 2.33. The monoisotopic (exact) mass is 261 g/mol. The summed E-state index contributed by atoms with van der Waals surface area (Å²) in [6, 6.07) is 4.90. The lowest BCUT2D eigenvalue weighted by atomic mass is 9.99. The van der Waals surface area contributed by atoms with E-state index in [0.717, 1.165) is 25.0 Å². The summed E-state index contributed by atoms with van der Waals surface area (Å²) in [6.07, 6.45) is 7.15. The van der Waals surface area contributed by atoms with Crippen LogP contribution in [-0.4, -0.2) is 37.8 Å². The van der Waals surface area contributed by atoms with Crippen molar-refractivity contribution in [2.24, 2.45) is 5.92 Å². The zero-order valence-corrected chi connectivity index (χ0v) is 11.6. The molecule has 1 aromatic heterocycles. The molecule has 0 aromatic carbocycles. The molecule has 1 aromatic rings. The fourth-order valence-corrected chi connectivity index (χ4v) is 2.90. The van der Waals surface area contributed by atoms with Crippen LogP contribution in [0.25, 0.3) is 0 Å². The molecule has 19 heavy (non-hydrogen) atoms. The molecular weight excluding hydrogens is 238 g/mol. The van der Waals surface area contributed by atoms with Crippen LogP contribution in [0.5, 0.6) is 5.88 Å². The van der Waals surface area contributed by atoms with E-state index in [1.54, 1.807) is 7.11 Å². The van der Waals surface area contributed by atoms with Crippen LogP contribution >= 0.6 is 0 Å². The molecule has 104 valence electrons. The zero-order chi connectivity index (χ0) is 13.1. The largest absolute Gasteiger partial charge is 0.481 e. The second-order valence-electron chi connectivity index (χ2n) is 5.65. The average Bonchev–Trinajstić information content (AvgIpc) is 3.30. The van der Waals surface area contributed by atoms with Gasteiger partial charge in [0.2, 0.25) is 5.88 Å². The zero-order valence-electron chi connectivity index (χ0n) is 11.6. The van der Waals surface area contributed by atoms with Crippen LogP contribution in [0.3, 0.4) is 0 Å². The van der Waals surface area contributed by atoms with Gasteiger partial charge in [-0.2, -0.15) is 0 Å². The summed E-state index contributed by atoms with van der Waals surface area (Å²) in [5, 5.41) is 3.51. The van der Waals surface area contributed by atoms with Crippen LogP contribution in [0.15, 0.2) is 18.3 Å². The van der Waals surface area contributed by atoms with Gasteiger partial charge in [-0.05, 0) is 50.8 Å². The highest BCUT2D eigenvalue weighted by Gasteiger charge is 2.31. The summed E-state index contributed by atoms with van der Waals surface area (Å²) in [7, 11) is 1.68. The third-order valence-corrected chi connectivity index (χ3v) is 4.10. The summed E-state index contributed by atoms with van der Waals surface area (Å²) < 4.78 is 5.25. The molecule has 2 aliphatic rings. The standard InChI is InChI=1S/C15H23N3O/c1-19-15-9-14(6-8-17-15)18(13-4-5-13)11-12-3-2-7-16-10-12/h6,8-9,12-13,16H,2-5,7,10-11H2,1H3. The van der Waals surface area contributed by atoms with Crippen molar-refractivity contribution in [2.75, 3.05) is 31.6 Å². The number of piperidine rings is 1. The van der Waals surface area contributed by atoms with Gasteiger partial charge in [0.25, 0.3) is 0 Å². The van der Waals surface area contributed by atoms with E-state index in [9.17, 15) is 0 Å². The predicted molar refractivity (Wildman–Crippen MR) is 76.8 cm³/mol. The van der Waals surface area contributed by atoms with Crippen molar-refractivity contribution in [2.45, 2.75) is 31.7 Å². The molecule has 0 amide bonds. The number of methoxy groups -OCH3 is 1. The quantitative estimate of drug-likeness (QED) is 0.880. The summed E-state index contributed by atoms with van der Waals surface area (Å²) in [5.74, 6) is 1.48. The van der Waals surface area contributed by atoms with Gasteiger partial charge in [0.1, 0.15) is 0 Å². The smallest absolute Gasteiger partial charge is 0.214 e. The van der Waals surface area contributed by atoms with Crippen molar-refractivity contribution in [1.29, 1.82) is 0 Å². The van der Waals surface area contributed by atoms with Gasteiger partial charge in [0.15, 0.2) is 0 Å². The Morgan fingerprint density at radius 3 is 3.00 bits per heavy atom. The fraction of sp³-hybridized carbons (Fsp3) is 0.667. The first kappa shape index (κ1) is 12.7. The number of hydrogen-bond donors (Lipinski definition) is 1. The number of anilines is 1. The van der Waals surface area contributed by atoms with Crippen LogP contribution < -0.4 is 15.0 Å². The van der Waals surface area contributed by atoms with E-state index in [2.05, 4.69) is 27.3 Å². The van der Waals surface area contributed by atoms with E-state index in [-0.39, 0.29) is 0 Å². The molecule has 1 aliphatic carbocycles. The Kier molecular flexibility index (Phi) is 3.87. The van der Waals surface area contributed by atoms with Crippen LogP contribution in [-0.2, 0) is 0 Å². The molecule has 0 radical (unpaired) electrons. The summed E-state index contributed by atoms with van der Waals surface area (Å²) in [6.45, 7) is 3.50. The number of nitrogens with one attached hydrogen (secondary N) is 1. The Morgan fingerprint density at radius 2 is 2.32 bits per heavy atom. The van der Waals surface area contributed by atoms with Crippen molar-refractivity contribution < 1.29 is 4.74 Å². The molecule has 1 saturated carbocycles. The van der Waals surface area contributed by atoms with Gasteiger partial charge >= 0.3 is 0 Å². The maximum absolute atomic E-state index is 5.25. The van der Waals surface area contributed by atoms with Gasteiger partial charge in [0.05, 0.1) is 7.11 Å². The maximum Gasteiger partial charge on any atom is 0.214 e. The van der Waals surface area contributed by atoms with E-state index in [4.69, 9.17) is 4.74 Å². The highest BCUT2D eigenvalue weighted by molar-refractivity contribution is 5.50. The third-order valence-electron chi connectivity index (χ3n) is 4.10. The molecule has 1 aliphatic heterocycles. The summed E-state index contributed by atoms with van der Waals surface area (Å²) >= 11 is 0. The normalized spacial score (nSPS) is 23.1. The maximum atomic E-state index is 5.25. The van der Waals surface area contributed by atoms with E-state index >= 15 is 0 Å². The molecular formula is C15H23N3O. The van der Waals surface area contributed by atoms with Crippen molar-refractivity contribution in [3.63, 3.8) is 0 Å². The topological polar surface area (TPSA) is 37.4 Å². The predicted octanol–water partition coefficient (Wildman–Crippen LogP) is 2.06. The van der Waals surface area contributed by atoms with E-state index < -0.39 is 0 Å². The van der Waals surface area contributed by atoms with Gasteiger partial charge in [-0.3, -0.25) is 0 Å². The lowest BCUT2D eigenvalue weighted by molar-refractivity contribution is 0.375. The number of ether oxygens (including phenoxy) is 1. The van der Waals surface area contributed by atoms with Gasteiger partial charge in [-0.1, -0.05) is 0 Å². The van der Waals surface area contributed by atoms with E-state index in [1.807, 2.05) is 6.20 Å². The minimum absolute atomic E-state index is 0.713. The molecule has 2 fully saturated rings. The first-order chi connectivity index (χ1) is 9.36. The third kappa shape index (κ3) is 3.18. The van der Waals surface area contributed by atoms with Gasteiger partial charge in [-0.15, -0.1) is 0 Å². The first-order valence-corrected chi connectivity index (χ1v) is 7.34. The second-order valence-corrected chi connectivity index (χ2v) is 5.65. The minimum Gasteiger partial charge on any atom is -0.481 e. The Hall–Kier alpha value is -1.29. The van der Waals surface area contributed by atoms with Crippen LogP contribution in [0.1, 0.15) is 25.7 Å². The lowest BCUT2D eigenvalue weighted by Crippen LogP contribution is -2.39. The number of nitrogens with zero attached hydrogens (tertiary/aromatic N) is 2. The van der Waals surface area contributed by atoms with Crippen LogP contribution in [0.4, 0.5) is 5.69 Å². The highest BCUT2D eigenvalue weighted by atomic mass is 16.5. The van der Waals surface area contributed by atoms with Crippen LogP contribution in [0, 0.1) is 5.92 Å². The number of hydrogen-bond acceptors (Lipinski definition) is 4. The summed E-state index contributed by atoms with van der Waals surface area (Å²) in [4.78, 5) is 6.76. The van der Waals surface area contributed by atoms with E-state index in [1.165, 1.54) is 37.9 Å². The molecule has 1 unspecified atom stereocenters. The Morgan fingerprint density at radius 1 is 1.42 bits per heavy atom. The van der Waals surface area contributed by atoms with Gasteiger partial charge in [0, 0.05) is 30.5 Å². The molecule has 1 saturated heterocycles. The van der Waals surface area contributed by atoms with Crippen molar-refractivity contribution in [3.05, 3.63) is 18.3 Å². The molecule has 4 nitrogen and oxygen atoms in total. The fourth-order valence-electron chi connectivity index (χ4n) is 2.90. The van der Waals surface area contributed by atoms with Crippen molar-refractivity contribution in [3.8, 4) is 5.88 Å². The summed E-state index contributed by atoms with van der Waals surface area (Å²) in [5.41, 5.74) is 1.26.